The molecule has 0 aromatic carbocycles. The summed E-state index contributed by atoms with van der Waals surface area (Å²) in [6.45, 7) is 4.32. The molecule has 2 rings (SSSR count). The van der Waals surface area contributed by atoms with Gasteiger partial charge in [-0.15, -0.1) is 24.2 Å². The van der Waals surface area contributed by atoms with E-state index < -0.39 is 0 Å². The van der Waals surface area contributed by atoms with Gasteiger partial charge in [-0.05, 0) is 20.3 Å². The molecule has 0 bridgehead atoms. The largest absolute Gasteiger partial charge is 0.351 e. The van der Waals surface area contributed by atoms with Gasteiger partial charge < -0.3 is 16.0 Å². The van der Waals surface area contributed by atoms with E-state index in [-0.39, 0.29) is 41.2 Å². The van der Waals surface area contributed by atoms with E-state index in [4.69, 9.17) is 5.73 Å². The maximum atomic E-state index is 12.1. The average molecular weight is 294 g/mol. The topological polar surface area (TPSA) is 75.4 Å². The fourth-order valence-electron chi connectivity index (χ4n) is 2.41. The van der Waals surface area contributed by atoms with Crippen molar-refractivity contribution in [2.24, 2.45) is 5.73 Å². The van der Waals surface area contributed by atoms with Crippen LogP contribution < -0.4 is 11.1 Å². The standard InChI is InChI=1S/C11H19N3O2S.ClH/c1-7(5-12)13-10(16)8-6-17-11(2)4-3-9(15)14(8)11;/h7-8H,3-6,12H2,1-2H3,(H,13,16);1H/t7-,8?,11?;/m0./s1. The maximum absolute atomic E-state index is 12.1. The molecule has 0 aromatic heterocycles. The van der Waals surface area contributed by atoms with E-state index in [9.17, 15) is 9.59 Å². The molecule has 2 unspecified atom stereocenters. The van der Waals surface area contributed by atoms with E-state index in [0.29, 0.717) is 18.7 Å². The highest BCUT2D eigenvalue weighted by molar-refractivity contribution is 8.01. The second-order valence-corrected chi connectivity index (χ2v) is 6.41. The Bertz CT molecular complexity index is 355. The molecule has 3 N–H and O–H groups in total. The molecule has 7 heteroatoms. The summed E-state index contributed by atoms with van der Waals surface area (Å²) in [5.41, 5.74) is 5.48. The van der Waals surface area contributed by atoms with Crippen molar-refractivity contribution in [1.29, 1.82) is 0 Å². The van der Waals surface area contributed by atoms with Gasteiger partial charge in [0.15, 0.2) is 0 Å². The van der Waals surface area contributed by atoms with E-state index in [2.05, 4.69) is 5.32 Å². The van der Waals surface area contributed by atoms with E-state index in [0.717, 1.165) is 6.42 Å². The predicted molar refractivity (Wildman–Crippen MR) is 74.6 cm³/mol. The number of nitrogens with two attached hydrogens (primary N) is 1. The summed E-state index contributed by atoms with van der Waals surface area (Å²) in [5, 5.41) is 2.85. The normalized spacial score (nSPS) is 31.8. The molecule has 2 aliphatic heterocycles. The summed E-state index contributed by atoms with van der Waals surface area (Å²) < 4.78 is 0. The van der Waals surface area contributed by atoms with Gasteiger partial charge in [0.05, 0.1) is 4.87 Å². The molecule has 2 aliphatic rings. The van der Waals surface area contributed by atoms with Crippen molar-refractivity contribution >= 4 is 36.0 Å². The Morgan fingerprint density at radius 3 is 3.00 bits per heavy atom. The molecule has 0 aliphatic carbocycles. The highest BCUT2D eigenvalue weighted by atomic mass is 35.5. The molecular weight excluding hydrogens is 274 g/mol. The molecule has 2 heterocycles. The summed E-state index contributed by atoms with van der Waals surface area (Å²) >= 11 is 1.70. The molecule has 0 radical (unpaired) electrons. The first kappa shape index (κ1) is 15.6. The summed E-state index contributed by atoms with van der Waals surface area (Å²) in [7, 11) is 0. The molecule has 5 nitrogen and oxygen atoms in total. The van der Waals surface area contributed by atoms with Crippen LogP contribution in [0.1, 0.15) is 26.7 Å². The van der Waals surface area contributed by atoms with Gasteiger partial charge in [0, 0.05) is 24.8 Å². The van der Waals surface area contributed by atoms with Crippen LogP contribution in [-0.4, -0.2) is 46.0 Å². The minimum Gasteiger partial charge on any atom is -0.351 e. The third kappa shape index (κ3) is 2.60. The van der Waals surface area contributed by atoms with Gasteiger partial charge in [-0.25, -0.2) is 0 Å². The van der Waals surface area contributed by atoms with E-state index in [1.807, 2.05) is 13.8 Å². The number of carbonyl (C=O) groups excluding carboxylic acids is 2. The molecule has 18 heavy (non-hydrogen) atoms. The summed E-state index contributed by atoms with van der Waals surface area (Å²) in [4.78, 5) is 25.5. The SMILES string of the molecule is C[C@@H](CN)NC(=O)C1CSC2(C)CCC(=O)N12.Cl. The van der Waals surface area contributed by atoms with Crippen LogP contribution in [0.2, 0.25) is 0 Å². The average Bonchev–Trinajstić information content (AvgIpc) is 2.76. The lowest BCUT2D eigenvalue weighted by Gasteiger charge is -2.30. The molecule has 0 saturated carbocycles. The van der Waals surface area contributed by atoms with Crippen LogP contribution in [-0.2, 0) is 9.59 Å². The number of amides is 2. The molecular formula is C11H20ClN3O2S. The second-order valence-electron chi connectivity index (χ2n) is 4.91. The fraction of sp³-hybridized carbons (Fsp3) is 0.818. The van der Waals surface area contributed by atoms with Gasteiger partial charge >= 0.3 is 0 Å². The highest BCUT2D eigenvalue weighted by Gasteiger charge is 2.52. The first-order valence-corrected chi connectivity index (χ1v) is 6.93. The molecule has 104 valence electrons. The Hall–Kier alpha value is -0.460. The van der Waals surface area contributed by atoms with Crippen LogP contribution in [0.4, 0.5) is 0 Å². The lowest BCUT2D eigenvalue weighted by molar-refractivity contribution is -0.138. The number of fused-ring (bicyclic) bond motifs is 1. The lowest BCUT2D eigenvalue weighted by atomic mass is 10.2. The van der Waals surface area contributed by atoms with E-state index in [1.54, 1.807) is 16.7 Å². The van der Waals surface area contributed by atoms with Gasteiger partial charge in [-0.1, -0.05) is 0 Å². The highest BCUT2D eigenvalue weighted by Crippen LogP contribution is 2.47. The van der Waals surface area contributed by atoms with E-state index >= 15 is 0 Å². The maximum Gasteiger partial charge on any atom is 0.243 e. The number of hydrogen-bond acceptors (Lipinski definition) is 4. The van der Waals surface area contributed by atoms with Crippen LogP contribution in [0.15, 0.2) is 0 Å². The third-order valence-corrected chi connectivity index (χ3v) is 4.99. The lowest BCUT2D eigenvalue weighted by Crippen LogP contribution is -2.52. The smallest absolute Gasteiger partial charge is 0.243 e. The Morgan fingerprint density at radius 1 is 1.72 bits per heavy atom. The van der Waals surface area contributed by atoms with Crippen LogP contribution in [0.25, 0.3) is 0 Å². The first-order chi connectivity index (χ1) is 7.98. The predicted octanol–water partition coefficient (Wildman–Crippen LogP) is 0.326. The summed E-state index contributed by atoms with van der Waals surface area (Å²) in [5.74, 6) is 0.707. The molecule has 2 fully saturated rings. The van der Waals surface area contributed by atoms with Crippen LogP contribution in [0.3, 0.4) is 0 Å². The Kier molecular flexibility index (Phi) is 4.91. The van der Waals surface area contributed by atoms with Crippen LogP contribution in [0.5, 0.6) is 0 Å². The molecule has 2 amide bonds. The fourth-order valence-corrected chi connectivity index (χ4v) is 3.84. The van der Waals surface area contributed by atoms with Gasteiger partial charge in [0.2, 0.25) is 11.8 Å². The minimum atomic E-state index is -0.325. The summed E-state index contributed by atoms with van der Waals surface area (Å²) in [6.07, 6.45) is 1.40. The third-order valence-electron chi connectivity index (χ3n) is 3.49. The molecule has 0 aromatic rings. The quantitative estimate of drug-likeness (QED) is 0.786. The Balaban J connectivity index is 0.00000162. The van der Waals surface area contributed by atoms with Crippen molar-refractivity contribution < 1.29 is 9.59 Å². The number of rotatable bonds is 3. The monoisotopic (exact) mass is 293 g/mol. The van der Waals surface area contributed by atoms with Gasteiger partial charge in [0.1, 0.15) is 6.04 Å². The summed E-state index contributed by atoms with van der Waals surface area (Å²) in [6, 6.07) is -0.369. The van der Waals surface area contributed by atoms with Crippen LogP contribution >= 0.6 is 24.2 Å². The van der Waals surface area contributed by atoms with Crippen molar-refractivity contribution in [3.63, 3.8) is 0 Å². The first-order valence-electron chi connectivity index (χ1n) is 5.94. The number of hydrogen-bond donors (Lipinski definition) is 2. The zero-order valence-electron chi connectivity index (χ0n) is 10.6. The number of nitrogens with zero attached hydrogens (tertiary/aromatic N) is 1. The zero-order valence-corrected chi connectivity index (χ0v) is 12.3. The van der Waals surface area contributed by atoms with Gasteiger partial charge in [-0.3, -0.25) is 9.59 Å². The minimum absolute atomic E-state index is 0. The number of thioether (sulfide) groups is 1. The van der Waals surface area contributed by atoms with Gasteiger partial charge in [0.25, 0.3) is 0 Å². The van der Waals surface area contributed by atoms with E-state index in [1.165, 1.54) is 0 Å². The molecule has 2 saturated heterocycles. The van der Waals surface area contributed by atoms with Crippen molar-refractivity contribution in [1.82, 2.24) is 10.2 Å². The Labute approximate surface area is 118 Å². The van der Waals surface area contributed by atoms with Crippen molar-refractivity contribution in [2.75, 3.05) is 12.3 Å². The van der Waals surface area contributed by atoms with Gasteiger partial charge in [-0.2, -0.15) is 0 Å². The molecule has 3 atom stereocenters. The number of nitrogens with one attached hydrogen (secondary N) is 1. The van der Waals surface area contributed by atoms with Crippen molar-refractivity contribution in [3.8, 4) is 0 Å². The number of carbonyl (C=O) groups is 2. The Morgan fingerprint density at radius 2 is 2.39 bits per heavy atom. The zero-order chi connectivity index (χ0) is 12.6. The van der Waals surface area contributed by atoms with Crippen molar-refractivity contribution in [2.45, 2.75) is 43.6 Å². The molecule has 0 spiro atoms. The van der Waals surface area contributed by atoms with Crippen LogP contribution in [0, 0.1) is 0 Å². The number of halogens is 1. The second kappa shape index (κ2) is 5.67. The van der Waals surface area contributed by atoms with Crippen molar-refractivity contribution in [3.05, 3.63) is 0 Å².